The lowest BCUT2D eigenvalue weighted by Crippen LogP contribution is -1.97. The van der Waals surface area contributed by atoms with E-state index in [-0.39, 0.29) is 0 Å². The fourth-order valence-electron chi connectivity index (χ4n) is 3.85. The van der Waals surface area contributed by atoms with Gasteiger partial charge in [-0.3, -0.25) is 0 Å². The maximum Gasteiger partial charge on any atom is 0.162 e. The summed E-state index contributed by atoms with van der Waals surface area (Å²) >= 11 is 0. The monoisotopic (exact) mass is 378 g/mol. The molecule has 0 spiro atoms. The number of unbranched alkanes of at least 4 members (excludes halogenated alkanes) is 3. The van der Waals surface area contributed by atoms with Crippen molar-refractivity contribution in [3.05, 3.63) is 77.4 Å². The Labute approximate surface area is 165 Å². The Balaban J connectivity index is 1.48. The maximum atomic E-state index is 14.1. The summed E-state index contributed by atoms with van der Waals surface area (Å²) in [5, 5.41) is 0. The molecule has 0 N–H and O–H groups in total. The summed E-state index contributed by atoms with van der Waals surface area (Å²) in [7, 11) is 0. The van der Waals surface area contributed by atoms with Crippen molar-refractivity contribution >= 4 is 0 Å². The Morgan fingerprint density at radius 1 is 0.821 bits per heavy atom. The van der Waals surface area contributed by atoms with Crippen LogP contribution in [0.5, 0.6) is 5.75 Å². The zero-order valence-corrected chi connectivity index (χ0v) is 16.1. The highest BCUT2D eigenvalue weighted by molar-refractivity contribution is 5.80. The first kappa shape index (κ1) is 18.7. The molecule has 1 nitrogen and oxygen atoms in total. The van der Waals surface area contributed by atoms with E-state index in [1.54, 1.807) is 6.07 Å². The van der Waals surface area contributed by atoms with Gasteiger partial charge in [0.15, 0.2) is 11.6 Å². The van der Waals surface area contributed by atoms with Crippen LogP contribution >= 0.6 is 0 Å². The minimum Gasteiger partial charge on any atom is -0.494 e. The lowest BCUT2D eigenvalue weighted by Gasteiger charge is -2.09. The van der Waals surface area contributed by atoms with E-state index in [2.05, 4.69) is 13.0 Å². The van der Waals surface area contributed by atoms with E-state index >= 15 is 0 Å². The maximum absolute atomic E-state index is 14.1. The zero-order chi connectivity index (χ0) is 19.5. The second-order valence-electron chi connectivity index (χ2n) is 7.37. The predicted molar refractivity (Wildman–Crippen MR) is 110 cm³/mol. The van der Waals surface area contributed by atoms with Crippen molar-refractivity contribution in [2.45, 2.75) is 39.0 Å². The lowest BCUT2D eigenvalue weighted by atomic mass is 9.99. The lowest BCUT2D eigenvalue weighted by molar-refractivity contribution is 0.305. The molecule has 0 heterocycles. The molecular weight excluding hydrogens is 354 g/mol. The van der Waals surface area contributed by atoms with Crippen molar-refractivity contribution < 1.29 is 13.5 Å². The van der Waals surface area contributed by atoms with E-state index in [0.29, 0.717) is 12.0 Å². The first-order valence-corrected chi connectivity index (χ1v) is 10.0. The highest BCUT2D eigenvalue weighted by Crippen LogP contribution is 2.40. The first-order valence-electron chi connectivity index (χ1n) is 10.0. The summed E-state index contributed by atoms with van der Waals surface area (Å²) in [6.07, 6.45) is 5.19. The Morgan fingerprint density at radius 2 is 1.57 bits per heavy atom. The normalized spacial score (nSPS) is 12.0. The number of benzene rings is 3. The van der Waals surface area contributed by atoms with Crippen LogP contribution in [0.15, 0.2) is 54.6 Å². The molecule has 3 aromatic carbocycles. The molecule has 3 aromatic rings. The molecule has 1 aliphatic carbocycles. The second-order valence-corrected chi connectivity index (χ2v) is 7.37. The van der Waals surface area contributed by atoms with Crippen LogP contribution in [0.1, 0.15) is 43.7 Å². The molecule has 0 saturated carbocycles. The van der Waals surface area contributed by atoms with Gasteiger partial charge in [-0.25, -0.2) is 8.78 Å². The van der Waals surface area contributed by atoms with Crippen LogP contribution in [0.25, 0.3) is 22.3 Å². The molecule has 0 atom stereocenters. The van der Waals surface area contributed by atoms with Crippen LogP contribution in [0.4, 0.5) is 8.78 Å². The number of rotatable bonds is 7. The molecule has 3 heteroatoms. The molecule has 0 amide bonds. The average molecular weight is 378 g/mol. The van der Waals surface area contributed by atoms with Gasteiger partial charge in [0.1, 0.15) is 5.75 Å². The first-order chi connectivity index (χ1) is 13.7. The van der Waals surface area contributed by atoms with Crippen LogP contribution in [0.3, 0.4) is 0 Å². The Morgan fingerprint density at radius 3 is 2.36 bits per heavy atom. The van der Waals surface area contributed by atoms with Crippen LogP contribution in [-0.4, -0.2) is 6.61 Å². The van der Waals surface area contributed by atoms with E-state index in [4.69, 9.17) is 4.74 Å². The molecule has 0 saturated heterocycles. The molecule has 0 aliphatic heterocycles. The molecule has 0 bridgehead atoms. The molecule has 0 unspecified atom stereocenters. The topological polar surface area (TPSA) is 9.23 Å². The zero-order valence-electron chi connectivity index (χ0n) is 16.1. The van der Waals surface area contributed by atoms with Crippen molar-refractivity contribution in [2.24, 2.45) is 0 Å². The Hall–Kier alpha value is -2.68. The summed E-state index contributed by atoms with van der Waals surface area (Å²) in [6, 6.07) is 17.1. The van der Waals surface area contributed by atoms with Crippen molar-refractivity contribution in [1.29, 1.82) is 0 Å². The van der Waals surface area contributed by atoms with Crippen LogP contribution < -0.4 is 4.74 Å². The van der Waals surface area contributed by atoms with Crippen molar-refractivity contribution in [3.63, 3.8) is 0 Å². The fourth-order valence-corrected chi connectivity index (χ4v) is 3.85. The van der Waals surface area contributed by atoms with Crippen LogP contribution in [0, 0.1) is 11.6 Å². The molecule has 0 radical (unpaired) electrons. The van der Waals surface area contributed by atoms with Gasteiger partial charge in [-0.15, -0.1) is 0 Å². The van der Waals surface area contributed by atoms with E-state index in [0.717, 1.165) is 46.6 Å². The Kier molecular flexibility index (Phi) is 5.43. The molecule has 4 rings (SSSR count). The fraction of sp³-hybridized carbons (Fsp3) is 0.280. The number of halogens is 2. The number of fused-ring (bicyclic) bond motifs is 3. The van der Waals surface area contributed by atoms with E-state index < -0.39 is 11.6 Å². The summed E-state index contributed by atoms with van der Waals surface area (Å²) in [6.45, 7) is 2.95. The third-order valence-corrected chi connectivity index (χ3v) is 5.41. The summed E-state index contributed by atoms with van der Waals surface area (Å²) in [4.78, 5) is 0. The number of ether oxygens (including phenoxy) is 1. The number of hydrogen-bond acceptors (Lipinski definition) is 1. The van der Waals surface area contributed by atoms with Crippen molar-refractivity contribution in [2.75, 3.05) is 6.61 Å². The smallest absolute Gasteiger partial charge is 0.162 e. The second kappa shape index (κ2) is 8.14. The SMILES string of the molecule is CCCCCCOc1ccc(-c2ccc3c(c2)Cc2c-3ccc(F)c2F)cc1. The minimum atomic E-state index is -0.780. The quantitative estimate of drug-likeness (QED) is 0.310. The standard InChI is InChI=1S/C25H24F2O/c1-2-3-4-5-14-28-20-9-6-17(7-10-20)18-8-11-21-19(15-18)16-23-22(21)12-13-24(26)25(23)27/h6-13,15H,2-5,14,16H2,1H3. The predicted octanol–water partition coefficient (Wildman–Crippen LogP) is 7.16. The van der Waals surface area contributed by atoms with E-state index in [9.17, 15) is 8.78 Å². The van der Waals surface area contributed by atoms with Gasteiger partial charge in [0.25, 0.3) is 0 Å². The minimum absolute atomic E-state index is 0.432. The van der Waals surface area contributed by atoms with Gasteiger partial charge in [-0.2, -0.15) is 0 Å². The van der Waals surface area contributed by atoms with Gasteiger partial charge in [-0.05, 0) is 52.4 Å². The van der Waals surface area contributed by atoms with Gasteiger partial charge in [0.2, 0.25) is 0 Å². The molecule has 144 valence electrons. The van der Waals surface area contributed by atoms with E-state index in [1.807, 2.05) is 36.4 Å². The highest BCUT2D eigenvalue weighted by atomic mass is 19.2. The average Bonchev–Trinajstić information content (AvgIpc) is 3.09. The van der Waals surface area contributed by atoms with E-state index in [1.165, 1.54) is 25.3 Å². The Bertz CT molecular complexity index is 977. The van der Waals surface area contributed by atoms with Crippen LogP contribution in [0.2, 0.25) is 0 Å². The molecule has 0 fully saturated rings. The van der Waals surface area contributed by atoms with Crippen molar-refractivity contribution in [1.82, 2.24) is 0 Å². The third kappa shape index (κ3) is 3.66. The third-order valence-electron chi connectivity index (χ3n) is 5.41. The summed E-state index contributed by atoms with van der Waals surface area (Å²) < 4.78 is 33.5. The molecule has 28 heavy (non-hydrogen) atoms. The molecular formula is C25H24F2O. The molecule has 0 aromatic heterocycles. The van der Waals surface area contributed by atoms with Gasteiger partial charge in [0.05, 0.1) is 6.61 Å². The van der Waals surface area contributed by atoms with Gasteiger partial charge < -0.3 is 4.74 Å². The van der Waals surface area contributed by atoms with Crippen LogP contribution in [-0.2, 0) is 6.42 Å². The highest BCUT2D eigenvalue weighted by Gasteiger charge is 2.23. The summed E-state index contributed by atoms with van der Waals surface area (Å²) in [5.41, 5.74) is 5.44. The largest absolute Gasteiger partial charge is 0.494 e. The van der Waals surface area contributed by atoms with Gasteiger partial charge in [0, 0.05) is 12.0 Å². The van der Waals surface area contributed by atoms with Gasteiger partial charge in [-0.1, -0.05) is 62.6 Å². The number of hydrogen-bond donors (Lipinski definition) is 0. The summed E-state index contributed by atoms with van der Waals surface area (Å²) in [5.74, 6) is -0.626. The van der Waals surface area contributed by atoms with Crippen molar-refractivity contribution in [3.8, 4) is 28.0 Å². The van der Waals surface area contributed by atoms with Gasteiger partial charge >= 0.3 is 0 Å². The molecule has 1 aliphatic rings.